The molecule has 0 heterocycles. The molecule has 0 nitrogen and oxygen atoms in total. The van der Waals surface area contributed by atoms with Crippen LogP contribution < -0.4 is 0 Å². The third-order valence-electron chi connectivity index (χ3n) is 8.39. The van der Waals surface area contributed by atoms with Crippen molar-refractivity contribution in [3.63, 3.8) is 0 Å². The van der Waals surface area contributed by atoms with Gasteiger partial charge in [-0.2, -0.15) is 0 Å². The van der Waals surface area contributed by atoms with Gasteiger partial charge in [-0.1, -0.05) is 133 Å². The third-order valence-corrected chi connectivity index (χ3v) is 8.39. The Morgan fingerprint density at radius 3 is 1.67 bits per heavy atom. The van der Waals surface area contributed by atoms with Gasteiger partial charge >= 0.3 is 0 Å². The number of hydrogen-bond acceptors (Lipinski definition) is 0. The summed E-state index contributed by atoms with van der Waals surface area (Å²) >= 11 is 0. The largest absolute Gasteiger partial charge is 0.0776 e. The molecule has 0 bridgehead atoms. The summed E-state index contributed by atoms with van der Waals surface area (Å²) in [6, 6.07) is 0. The van der Waals surface area contributed by atoms with Crippen molar-refractivity contribution in [1.82, 2.24) is 0 Å². The zero-order chi connectivity index (χ0) is 21.6. The van der Waals surface area contributed by atoms with Crippen LogP contribution in [0.5, 0.6) is 0 Å². The van der Waals surface area contributed by atoms with E-state index in [1.807, 2.05) is 0 Å². The lowest BCUT2D eigenvalue weighted by Crippen LogP contribution is -2.13. The zero-order valence-electron chi connectivity index (χ0n) is 21.6. The second-order valence-electron chi connectivity index (χ2n) is 11.7. The summed E-state index contributed by atoms with van der Waals surface area (Å²) in [6.45, 7) is 16.4. The molecule has 3 saturated carbocycles. The molecule has 0 aromatic rings. The SMILES string of the molecule is C.CC1CCC(CC(C)CC(C)C2CCCC2)C1.CCC(C)C.CCC1CCCC1. The summed E-state index contributed by atoms with van der Waals surface area (Å²) < 4.78 is 0. The molecule has 0 spiro atoms. The van der Waals surface area contributed by atoms with Gasteiger partial charge in [-0.15, -0.1) is 0 Å². The maximum absolute atomic E-state index is 2.52. The molecule has 4 atom stereocenters. The molecule has 3 aliphatic carbocycles. The highest BCUT2D eigenvalue weighted by Gasteiger charge is 2.26. The average molecular weight is 423 g/mol. The minimum atomic E-state index is 0. The highest BCUT2D eigenvalue weighted by Crippen LogP contribution is 2.38. The molecule has 0 aromatic carbocycles. The molecule has 0 N–H and O–H groups in total. The third kappa shape index (κ3) is 13.4. The van der Waals surface area contributed by atoms with E-state index in [2.05, 4.69) is 48.5 Å². The Balaban J connectivity index is 0.000000536. The van der Waals surface area contributed by atoms with Crippen LogP contribution in [-0.4, -0.2) is 0 Å². The van der Waals surface area contributed by atoms with Gasteiger partial charge in [0.1, 0.15) is 0 Å². The quantitative estimate of drug-likeness (QED) is 0.382. The van der Waals surface area contributed by atoms with E-state index in [9.17, 15) is 0 Å². The summed E-state index contributed by atoms with van der Waals surface area (Å²) in [6.07, 6.45) is 22.3. The summed E-state index contributed by atoms with van der Waals surface area (Å²) in [4.78, 5) is 0. The molecule has 30 heavy (non-hydrogen) atoms. The Kier molecular flexibility index (Phi) is 17.5. The minimum Gasteiger partial charge on any atom is -0.0776 e. The second kappa shape index (κ2) is 17.5. The van der Waals surface area contributed by atoms with E-state index < -0.39 is 0 Å². The van der Waals surface area contributed by atoms with E-state index in [1.165, 1.54) is 96.3 Å². The molecule has 3 rings (SSSR count). The fourth-order valence-corrected chi connectivity index (χ4v) is 5.98. The fourth-order valence-electron chi connectivity index (χ4n) is 5.98. The Morgan fingerprint density at radius 1 is 0.733 bits per heavy atom. The van der Waals surface area contributed by atoms with Crippen LogP contribution in [0.3, 0.4) is 0 Å². The van der Waals surface area contributed by atoms with Crippen LogP contribution in [0.25, 0.3) is 0 Å². The number of rotatable bonds is 7. The van der Waals surface area contributed by atoms with Crippen molar-refractivity contribution in [2.45, 2.75) is 152 Å². The van der Waals surface area contributed by atoms with E-state index in [1.54, 1.807) is 0 Å². The maximum atomic E-state index is 2.52. The first-order chi connectivity index (χ1) is 13.8. The Hall–Kier alpha value is 0. The van der Waals surface area contributed by atoms with Crippen LogP contribution >= 0.6 is 0 Å². The standard InChI is InChI=1S/C17H32.C7H14.C5H12.CH4/c1-13-8-9-16(11-13)12-14(2)10-15(3)17-6-4-5-7-17;1-2-7-5-3-4-6-7;1-4-5(2)3;/h13-17H,4-12H2,1-3H3;7H,2-6H2,1H3;5H,4H2,1-3H3;1H4. The molecule has 3 aliphatic rings. The normalized spacial score (nSPS) is 26.4. The van der Waals surface area contributed by atoms with E-state index in [0.29, 0.717) is 0 Å². The van der Waals surface area contributed by atoms with Crippen LogP contribution in [0, 0.1) is 41.4 Å². The topological polar surface area (TPSA) is 0 Å². The minimum absolute atomic E-state index is 0. The van der Waals surface area contributed by atoms with E-state index in [-0.39, 0.29) is 7.43 Å². The monoisotopic (exact) mass is 422 g/mol. The maximum Gasteiger partial charge on any atom is -0.0388 e. The molecule has 0 amide bonds. The molecule has 0 aromatic heterocycles. The van der Waals surface area contributed by atoms with Crippen molar-refractivity contribution in [3.05, 3.63) is 0 Å². The van der Waals surface area contributed by atoms with Crippen molar-refractivity contribution < 1.29 is 0 Å². The van der Waals surface area contributed by atoms with Gasteiger partial charge in [0.15, 0.2) is 0 Å². The summed E-state index contributed by atoms with van der Waals surface area (Å²) in [5.74, 6) is 7.09. The molecule has 182 valence electrons. The predicted octanol–water partition coefficient (Wildman–Crippen LogP) is 10.9. The van der Waals surface area contributed by atoms with Gasteiger partial charge < -0.3 is 0 Å². The first-order valence-corrected chi connectivity index (χ1v) is 13.8. The van der Waals surface area contributed by atoms with Crippen LogP contribution in [0.1, 0.15) is 152 Å². The smallest absolute Gasteiger partial charge is 0.0388 e. The summed E-state index contributed by atoms with van der Waals surface area (Å²) in [7, 11) is 0. The van der Waals surface area contributed by atoms with E-state index in [4.69, 9.17) is 0 Å². The lowest BCUT2D eigenvalue weighted by atomic mass is 9.82. The molecule has 0 heteroatoms. The van der Waals surface area contributed by atoms with Crippen LogP contribution in [0.15, 0.2) is 0 Å². The predicted molar refractivity (Wildman–Crippen MR) is 140 cm³/mol. The molecule has 4 unspecified atom stereocenters. The van der Waals surface area contributed by atoms with Gasteiger partial charge in [-0.3, -0.25) is 0 Å². The van der Waals surface area contributed by atoms with Gasteiger partial charge in [0.2, 0.25) is 0 Å². The molecule has 0 saturated heterocycles. The first kappa shape index (κ1) is 30.0. The van der Waals surface area contributed by atoms with Gasteiger partial charge in [0, 0.05) is 0 Å². The lowest BCUT2D eigenvalue weighted by molar-refractivity contribution is 0.268. The molecular formula is C30H62. The first-order valence-electron chi connectivity index (χ1n) is 13.8. The zero-order valence-corrected chi connectivity index (χ0v) is 21.6. The molecule has 0 aliphatic heterocycles. The van der Waals surface area contributed by atoms with Crippen molar-refractivity contribution in [3.8, 4) is 0 Å². The highest BCUT2D eigenvalue weighted by molar-refractivity contribution is 4.78. The Labute approximate surface area is 193 Å². The Bertz CT molecular complexity index is 358. The molecular weight excluding hydrogens is 360 g/mol. The summed E-state index contributed by atoms with van der Waals surface area (Å²) in [5.41, 5.74) is 0. The fraction of sp³-hybridized carbons (Fsp3) is 1.00. The van der Waals surface area contributed by atoms with Crippen molar-refractivity contribution >= 4 is 0 Å². The second-order valence-corrected chi connectivity index (χ2v) is 11.7. The van der Waals surface area contributed by atoms with Crippen LogP contribution in [0.4, 0.5) is 0 Å². The number of hydrogen-bond donors (Lipinski definition) is 0. The summed E-state index contributed by atoms with van der Waals surface area (Å²) in [5, 5.41) is 0. The van der Waals surface area contributed by atoms with Crippen LogP contribution in [0.2, 0.25) is 0 Å². The van der Waals surface area contributed by atoms with Crippen molar-refractivity contribution in [2.24, 2.45) is 41.4 Å². The Morgan fingerprint density at radius 2 is 1.27 bits per heavy atom. The van der Waals surface area contributed by atoms with E-state index in [0.717, 1.165) is 41.4 Å². The average Bonchev–Trinajstić information content (AvgIpc) is 3.45. The molecule has 3 fully saturated rings. The lowest BCUT2D eigenvalue weighted by Gasteiger charge is -2.24. The van der Waals surface area contributed by atoms with Gasteiger partial charge in [0.05, 0.1) is 0 Å². The van der Waals surface area contributed by atoms with Gasteiger partial charge in [-0.05, 0) is 60.7 Å². The van der Waals surface area contributed by atoms with Crippen molar-refractivity contribution in [1.29, 1.82) is 0 Å². The highest BCUT2D eigenvalue weighted by atomic mass is 14.3. The van der Waals surface area contributed by atoms with E-state index >= 15 is 0 Å². The van der Waals surface area contributed by atoms with Gasteiger partial charge in [0.25, 0.3) is 0 Å². The van der Waals surface area contributed by atoms with Crippen LogP contribution in [-0.2, 0) is 0 Å². The van der Waals surface area contributed by atoms with Crippen molar-refractivity contribution in [2.75, 3.05) is 0 Å². The van der Waals surface area contributed by atoms with Gasteiger partial charge in [-0.25, -0.2) is 0 Å². The molecule has 0 radical (unpaired) electrons.